The van der Waals surface area contributed by atoms with Gasteiger partial charge in [0.05, 0.1) is 16.0 Å². The van der Waals surface area contributed by atoms with Crippen molar-refractivity contribution < 1.29 is 44.2 Å². The van der Waals surface area contributed by atoms with Crippen molar-refractivity contribution in [3.63, 3.8) is 0 Å². The molecule has 0 aromatic heterocycles. The Kier molecular flexibility index (Phi) is 4.86. The monoisotopic (exact) mass is 427 g/mol. The van der Waals surface area contributed by atoms with Crippen molar-refractivity contribution in [1.29, 1.82) is 0 Å². The van der Waals surface area contributed by atoms with Gasteiger partial charge >= 0.3 is 12.4 Å². The average molecular weight is 427 g/mol. The first-order chi connectivity index (χ1) is 12.9. The molecule has 5 nitrogen and oxygen atoms in total. The highest BCUT2D eigenvalue weighted by atomic mass is 32.2. The van der Waals surface area contributed by atoms with Gasteiger partial charge in [-0.3, -0.25) is 4.72 Å². The summed E-state index contributed by atoms with van der Waals surface area (Å²) < 4.78 is 115. The minimum absolute atomic E-state index is 0.0956. The van der Waals surface area contributed by atoms with Gasteiger partial charge in [0.2, 0.25) is 0 Å². The molecule has 1 heterocycles. The summed E-state index contributed by atoms with van der Waals surface area (Å²) in [6, 6.07) is 4.41. The molecular formula is C16H11F6NO4S. The van der Waals surface area contributed by atoms with Crippen LogP contribution >= 0.6 is 0 Å². The lowest BCUT2D eigenvalue weighted by Crippen LogP contribution is -2.19. The fourth-order valence-electron chi connectivity index (χ4n) is 2.49. The molecule has 0 saturated heterocycles. The quantitative estimate of drug-likeness (QED) is 0.743. The molecule has 0 bridgehead atoms. The van der Waals surface area contributed by atoms with E-state index >= 15 is 0 Å². The summed E-state index contributed by atoms with van der Waals surface area (Å²) in [7, 11) is -4.39. The van der Waals surface area contributed by atoms with Crippen LogP contribution in [-0.4, -0.2) is 21.6 Å². The summed E-state index contributed by atoms with van der Waals surface area (Å²) in [6.07, 6.45) is -10.6. The van der Waals surface area contributed by atoms with E-state index in [1.54, 1.807) is 0 Å². The number of hydrogen-bond acceptors (Lipinski definition) is 4. The van der Waals surface area contributed by atoms with E-state index in [1.807, 2.05) is 4.72 Å². The number of fused-ring (bicyclic) bond motifs is 1. The topological polar surface area (TPSA) is 64.6 Å². The molecule has 0 amide bonds. The number of halogens is 6. The minimum atomic E-state index is -5.33. The first-order valence-electron chi connectivity index (χ1n) is 7.59. The standard InChI is InChI=1S/C16H11F6NO4S/c17-15(18,19)11-3-1-9(7-12(11)16(20,21)22)23-28(24,25)10-2-4-13-14(8-10)27-6-5-26-13/h1-4,7-8,23H,5-6H2. The van der Waals surface area contributed by atoms with Crippen LogP contribution in [0.25, 0.3) is 0 Å². The van der Waals surface area contributed by atoms with Crippen LogP contribution in [-0.2, 0) is 22.4 Å². The molecule has 0 saturated carbocycles. The van der Waals surface area contributed by atoms with E-state index in [1.165, 1.54) is 6.07 Å². The van der Waals surface area contributed by atoms with Crippen LogP contribution in [0.5, 0.6) is 11.5 Å². The molecule has 3 rings (SSSR count). The second-order valence-electron chi connectivity index (χ2n) is 5.67. The molecule has 1 aliphatic heterocycles. The third-order valence-electron chi connectivity index (χ3n) is 3.71. The fraction of sp³-hybridized carbons (Fsp3) is 0.250. The summed E-state index contributed by atoms with van der Waals surface area (Å²) in [5.74, 6) is 0.414. The van der Waals surface area contributed by atoms with Crippen LogP contribution < -0.4 is 14.2 Å². The second kappa shape index (κ2) is 6.76. The van der Waals surface area contributed by atoms with Crippen LogP contribution in [0.3, 0.4) is 0 Å². The van der Waals surface area contributed by atoms with Crippen molar-refractivity contribution in [2.75, 3.05) is 17.9 Å². The Morgan fingerprint density at radius 3 is 2.00 bits per heavy atom. The maximum atomic E-state index is 13.0. The van der Waals surface area contributed by atoms with Gasteiger partial charge in [0.15, 0.2) is 11.5 Å². The molecule has 0 unspecified atom stereocenters. The number of sulfonamides is 1. The zero-order valence-electron chi connectivity index (χ0n) is 13.7. The maximum absolute atomic E-state index is 13.0. The molecule has 1 aliphatic rings. The van der Waals surface area contributed by atoms with Crippen molar-refractivity contribution in [3.05, 3.63) is 47.5 Å². The lowest BCUT2D eigenvalue weighted by molar-refractivity contribution is -0.162. The van der Waals surface area contributed by atoms with Gasteiger partial charge in [-0.05, 0) is 30.3 Å². The molecule has 2 aromatic carbocycles. The number of ether oxygens (including phenoxy) is 2. The normalized spacial score (nSPS) is 14.6. The van der Waals surface area contributed by atoms with Crippen LogP contribution in [0, 0.1) is 0 Å². The smallest absolute Gasteiger partial charge is 0.417 e. The van der Waals surface area contributed by atoms with Crippen molar-refractivity contribution in [3.8, 4) is 11.5 Å². The Morgan fingerprint density at radius 2 is 1.39 bits per heavy atom. The third kappa shape index (κ3) is 4.11. The van der Waals surface area contributed by atoms with E-state index in [4.69, 9.17) is 9.47 Å². The van der Waals surface area contributed by atoms with E-state index in [9.17, 15) is 34.8 Å². The van der Waals surface area contributed by atoms with Crippen molar-refractivity contribution >= 4 is 15.7 Å². The van der Waals surface area contributed by atoms with Gasteiger partial charge in [-0.15, -0.1) is 0 Å². The number of rotatable bonds is 3. The lowest BCUT2D eigenvalue weighted by Gasteiger charge is -2.19. The molecule has 12 heteroatoms. The number of alkyl halides is 6. The van der Waals surface area contributed by atoms with Crippen molar-refractivity contribution in [2.24, 2.45) is 0 Å². The van der Waals surface area contributed by atoms with Crippen molar-refractivity contribution in [1.82, 2.24) is 0 Å². The Balaban J connectivity index is 1.96. The fourth-order valence-corrected chi connectivity index (χ4v) is 3.56. The minimum Gasteiger partial charge on any atom is -0.486 e. The molecule has 152 valence electrons. The van der Waals surface area contributed by atoms with Crippen molar-refractivity contribution in [2.45, 2.75) is 17.2 Å². The summed E-state index contributed by atoms with van der Waals surface area (Å²) >= 11 is 0. The summed E-state index contributed by atoms with van der Waals surface area (Å²) in [5, 5.41) is 0. The Labute approximate surface area is 154 Å². The lowest BCUT2D eigenvalue weighted by atomic mass is 10.1. The molecule has 0 radical (unpaired) electrons. The van der Waals surface area contributed by atoms with Crippen LogP contribution in [0.2, 0.25) is 0 Å². The molecule has 28 heavy (non-hydrogen) atoms. The predicted octanol–water partition coefficient (Wildman–Crippen LogP) is 4.30. The zero-order chi connectivity index (χ0) is 20.7. The maximum Gasteiger partial charge on any atom is 0.417 e. The van der Waals surface area contributed by atoms with E-state index in [2.05, 4.69) is 0 Å². The highest BCUT2D eigenvalue weighted by molar-refractivity contribution is 7.92. The van der Waals surface area contributed by atoms with Gasteiger partial charge in [-0.25, -0.2) is 8.42 Å². The Bertz CT molecular complexity index is 1000. The molecule has 0 atom stereocenters. The van der Waals surface area contributed by atoms with Gasteiger partial charge < -0.3 is 9.47 Å². The molecular weight excluding hydrogens is 416 g/mol. The highest BCUT2D eigenvalue weighted by Gasteiger charge is 2.43. The molecule has 0 fully saturated rings. The largest absolute Gasteiger partial charge is 0.486 e. The van der Waals surface area contributed by atoms with Gasteiger partial charge in [0.1, 0.15) is 13.2 Å². The molecule has 1 N–H and O–H groups in total. The average Bonchev–Trinajstić information content (AvgIpc) is 2.59. The van der Waals surface area contributed by atoms with E-state index in [0.717, 1.165) is 12.1 Å². The van der Waals surface area contributed by atoms with Crippen LogP contribution in [0.4, 0.5) is 32.0 Å². The van der Waals surface area contributed by atoms with Gasteiger partial charge in [0.25, 0.3) is 10.0 Å². The highest BCUT2D eigenvalue weighted by Crippen LogP contribution is 2.41. The zero-order valence-corrected chi connectivity index (χ0v) is 14.5. The number of anilines is 1. The summed E-state index contributed by atoms with van der Waals surface area (Å²) in [6.45, 7) is 0.445. The predicted molar refractivity (Wildman–Crippen MR) is 84.7 cm³/mol. The second-order valence-corrected chi connectivity index (χ2v) is 7.35. The number of hydrogen-bond donors (Lipinski definition) is 1. The SMILES string of the molecule is O=S(=O)(Nc1ccc(C(F)(F)F)c(C(F)(F)F)c1)c1ccc2c(c1)OCCO2. The first-order valence-corrected chi connectivity index (χ1v) is 9.07. The molecule has 0 spiro atoms. The first kappa shape index (κ1) is 20.1. The van der Waals surface area contributed by atoms with Crippen LogP contribution in [0.1, 0.15) is 11.1 Å². The number of benzene rings is 2. The van der Waals surface area contributed by atoms with Gasteiger partial charge in [-0.2, -0.15) is 26.3 Å². The van der Waals surface area contributed by atoms with E-state index in [-0.39, 0.29) is 36.0 Å². The summed E-state index contributed by atoms with van der Waals surface area (Å²) in [4.78, 5) is -0.356. The Hall–Kier alpha value is -2.63. The van der Waals surface area contributed by atoms with Crippen LogP contribution in [0.15, 0.2) is 41.3 Å². The van der Waals surface area contributed by atoms with Gasteiger partial charge in [0, 0.05) is 11.8 Å². The Morgan fingerprint density at radius 1 is 0.786 bits per heavy atom. The summed E-state index contributed by atoms with van der Waals surface area (Å²) in [5.41, 5.74) is -4.58. The molecule has 0 aliphatic carbocycles. The van der Waals surface area contributed by atoms with Gasteiger partial charge in [-0.1, -0.05) is 0 Å². The van der Waals surface area contributed by atoms with E-state index in [0.29, 0.717) is 11.8 Å². The number of nitrogens with one attached hydrogen (secondary N) is 1. The van der Waals surface area contributed by atoms with E-state index < -0.39 is 39.2 Å². The third-order valence-corrected chi connectivity index (χ3v) is 5.09. The molecule has 2 aromatic rings.